The number of amides is 1. The molecule has 0 aliphatic carbocycles. The van der Waals surface area contributed by atoms with Crippen molar-refractivity contribution in [3.8, 4) is 11.4 Å². The summed E-state index contributed by atoms with van der Waals surface area (Å²) in [4.78, 5) is 18.5. The molecule has 0 bridgehead atoms. The summed E-state index contributed by atoms with van der Waals surface area (Å²) in [5, 5.41) is 11.5. The molecule has 1 aromatic carbocycles. The third-order valence-electron chi connectivity index (χ3n) is 4.46. The second-order valence-electron chi connectivity index (χ2n) is 6.14. The summed E-state index contributed by atoms with van der Waals surface area (Å²) in [6, 6.07) is 13.8. The lowest BCUT2D eigenvalue weighted by Crippen LogP contribution is -2.34. The van der Waals surface area contributed by atoms with Crippen molar-refractivity contribution in [2.45, 2.75) is 20.0 Å². The van der Waals surface area contributed by atoms with E-state index in [1.54, 1.807) is 6.20 Å². The number of pyridine rings is 1. The zero-order chi connectivity index (χ0) is 17.9. The van der Waals surface area contributed by atoms with Crippen LogP contribution in [-0.4, -0.2) is 38.7 Å². The summed E-state index contributed by atoms with van der Waals surface area (Å²) in [5.41, 5.74) is 1.64. The summed E-state index contributed by atoms with van der Waals surface area (Å²) in [6.45, 7) is 4.76. The van der Waals surface area contributed by atoms with Gasteiger partial charge < -0.3 is 14.8 Å². The fourth-order valence-corrected chi connectivity index (χ4v) is 3.12. The Labute approximate surface area is 151 Å². The predicted molar refractivity (Wildman–Crippen MR) is 98.8 cm³/mol. The monoisotopic (exact) mass is 348 g/mol. The zero-order valence-electron chi connectivity index (χ0n) is 14.6. The van der Waals surface area contributed by atoms with Crippen LogP contribution >= 0.6 is 0 Å². The van der Waals surface area contributed by atoms with Gasteiger partial charge in [-0.15, -0.1) is 10.2 Å². The van der Waals surface area contributed by atoms with Gasteiger partial charge in [0, 0.05) is 31.4 Å². The van der Waals surface area contributed by atoms with Crippen LogP contribution in [0.15, 0.2) is 48.7 Å². The van der Waals surface area contributed by atoms with Crippen molar-refractivity contribution >= 4 is 11.7 Å². The van der Waals surface area contributed by atoms with Crippen molar-refractivity contribution in [2.75, 3.05) is 18.0 Å². The first-order valence-electron chi connectivity index (χ1n) is 8.73. The predicted octanol–water partition coefficient (Wildman–Crippen LogP) is 2.11. The van der Waals surface area contributed by atoms with E-state index in [9.17, 15) is 4.79 Å². The number of hydrogen-bond acceptors (Lipinski definition) is 5. The molecule has 132 valence electrons. The average molecular weight is 348 g/mol. The van der Waals surface area contributed by atoms with Crippen LogP contribution in [-0.2, 0) is 13.1 Å². The molecule has 3 heterocycles. The minimum Gasteiger partial charge on any atom is -0.352 e. The highest BCUT2D eigenvalue weighted by molar-refractivity contribution is 5.94. The van der Waals surface area contributed by atoms with E-state index in [0.717, 1.165) is 36.1 Å². The van der Waals surface area contributed by atoms with E-state index in [0.29, 0.717) is 18.7 Å². The van der Waals surface area contributed by atoms with E-state index in [1.807, 2.05) is 49.4 Å². The summed E-state index contributed by atoms with van der Waals surface area (Å²) in [6.07, 6.45) is 1.62. The Kier molecular flexibility index (Phi) is 4.35. The Bertz CT molecular complexity index is 904. The second kappa shape index (κ2) is 6.95. The van der Waals surface area contributed by atoms with E-state index < -0.39 is 0 Å². The summed E-state index contributed by atoms with van der Waals surface area (Å²) in [5.74, 6) is 2.57. The summed E-state index contributed by atoms with van der Waals surface area (Å²) >= 11 is 0. The van der Waals surface area contributed by atoms with Gasteiger partial charge in [-0.25, -0.2) is 4.98 Å². The molecule has 1 N–H and O–H groups in total. The van der Waals surface area contributed by atoms with Crippen LogP contribution in [0.25, 0.3) is 11.4 Å². The standard InChI is InChI=1S/C19H20N6O/c1-2-20-19(26)15-8-9-16(21-12-15)24-10-11-25-17(13-24)22-23-18(25)14-6-4-3-5-7-14/h3-9,12H,2,10-11,13H2,1H3,(H,20,26). The smallest absolute Gasteiger partial charge is 0.252 e. The minimum absolute atomic E-state index is 0.0996. The molecule has 0 radical (unpaired) electrons. The Morgan fingerprint density at radius 1 is 1.12 bits per heavy atom. The SMILES string of the molecule is CCNC(=O)c1ccc(N2CCn3c(nnc3-c3ccccc3)C2)nc1. The Hall–Kier alpha value is -3.22. The van der Waals surface area contributed by atoms with Crippen LogP contribution in [0.4, 0.5) is 5.82 Å². The zero-order valence-corrected chi connectivity index (χ0v) is 14.6. The third-order valence-corrected chi connectivity index (χ3v) is 4.46. The van der Waals surface area contributed by atoms with Gasteiger partial charge in [0.25, 0.3) is 5.91 Å². The number of fused-ring (bicyclic) bond motifs is 1. The molecule has 7 nitrogen and oxygen atoms in total. The first kappa shape index (κ1) is 16.3. The van der Waals surface area contributed by atoms with Crippen LogP contribution in [0.5, 0.6) is 0 Å². The number of hydrogen-bond donors (Lipinski definition) is 1. The van der Waals surface area contributed by atoms with Gasteiger partial charge in [-0.05, 0) is 19.1 Å². The van der Waals surface area contributed by atoms with Crippen LogP contribution in [0.3, 0.4) is 0 Å². The number of nitrogens with one attached hydrogen (secondary N) is 1. The molecule has 4 rings (SSSR count). The fourth-order valence-electron chi connectivity index (χ4n) is 3.12. The quantitative estimate of drug-likeness (QED) is 0.781. The highest BCUT2D eigenvalue weighted by Crippen LogP contribution is 2.23. The number of nitrogens with zero attached hydrogens (tertiary/aromatic N) is 5. The highest BCUT2D eigenvalue weighted by atomic mass is 16.1. The van der Waals surface area contributed by atoms with E-state index in [1.165, 1.54) is 0 Å². The number of aromatic nitrogens is 4. The molecule has 1 aliphatic heterocycles. The van der Waals surface area contributed by atoms with Gasteiger partial charge >= 0.3 is 0 Å². The fraction of sp³-hybridized carbons (Fsp3) is 0.263. The van der Waals surface area contributed by atoms with E-state index in [-0.39, 0.29) is 5.91 Å². The molecule has 26 heavy (non-hydrogen) atoms. The van der Waals surface area contributed by atoms with Gasteiger partial charge in [0.1, 0.15) is 5.82 Å². The summed E-state index contributed by atoms with van der Waals surface area (Å²) in [7, 11) is 0. The van der Waals surface area contributed by atoms with Gasteiger partial charge in [0.2, 0.25) is 0 Å². The molecule has 3 aromatic rings. The highest BCUT2D eigenvalue weighted by Gasteiger charge is 2.22. The number of benzene rings is 1. The molecule has 0 saturated carbocycles. The maximum absolute atomic E-state index is 11.8. The number of carbonyl (C=O) groups excluding carboxylic acids is 1. The molecular formula is C19H20N6O. The topological polar surface area (TPSA) is 75.9 Å². The summed E-state index contributed by atoms with van der Waals surface area (Å²) < 4.78 is 2.16. The molecule has 1 amide bonds. The lowest BCUT2D eigenvalue weighted by Gasteiger charge is -2.28. The first-order valence-corrected chi connectivity index (χ1v) is 8.73. The van der Waals surface area contributed by atoms with Gasteiger partial charge in [-0.1, -0.05) is 30.3 Å². The van der Waals surface area contributed by atoms with Crippen molar-refractivity contribution in [1.82, 2.24) is 25.1 Å². The average Bonchev–Trinajstić information content (AvgIpc) is 3.12. The van der Waals surface area contributed by atoms with Crippen molar-refractivity contribution in [3.63, 3.8) is 0 Å². The Morgan fingerprint density at radius 3 is 2.69 bits per heavy atom. The van der Waals surface area contributed by atoms with Gasteiger partial charge in [-0.2, -0.15) is 0 Å². The number of carbonyl (C=O) groups is 1. The number of rotatable bonds is 4. The van der Waals surface area contributed by atoms with E-state index >= 15 is 0 Å². The van der Waals surface area contributed by atoms with Crippen LogP contribution < -0.4 is 10.2 Å². The third kappa shape index (κ3) is 3.03. The van der Waals surface area contributed by atoms with Gasteiger partial charge in [-0.3, -0.25) is 4.79 Å². The van der Waals surface area contributed by atoms with Crippen LogP contribution in [0.2, 0.25) is 0 Å². The van der Waals surface area contributed by atoms with Gasteiger partial charge in [0.15, 0.2) is 11.6 Å². The Morgan fingerprint density at radius 2 is 1.96 bits per heavy atom. The molecular weight excluding hydrogens is 328 g/mol. The lowest BCUT2D eigenvalue weighted by molar-refractivity contribution is 0.0955. The van der Waals surface area contributed by atoms with Gasteiger partial charge in [0.05, 0.1) is 12.1 Å². The maximum atomic E-state index is 11.8. The van der Waals surface area contributed by atoms with Crippen molar-refractivity contribution < 1.29 is 4.79 Å². The normalized spacial score (nSPS) is 13.3. The molecule has 1 aliphatic rings. The van der Waals surface area contributed by atoms with Crippen LogP contribution in [0.1, 0.15) is 23.1 Å². The van der Waals surface area contributed by atoms with Crippen LogP contribution in [0, 0.1) is 0 Å². The largest absolute Gasteiger partial charge is 0.352 e. The second-order valence-corrected chi connectivity index (χ2v) is 6.14. The van der Waals surface area contributed by atoms with E-state index in [4.69, 9.17) is 0 Å². The first-order chi connectivity index (χ1) is 12.8. The molecule has 2 aromatic heterocycles. The minimum atomic E-state index is -0.0996. The van der Waals surface area contributed by atoms with Crippen molar-refractivity contribution in [3.05, 3.63) is 60.0 Å². The molecule has 0 saturated heterocycles. The molecule has 0 unspecified atom stereocenters. The molecule has 7 heteroatoms. The van der Waals surface area contributed by atoms with Crippen molar-refractivity contribution in [1.29, 1.82) is 0 Å². The van der Waals surface area contributed by atoms with E-state index in [2.05, 4.69) is 30.0 Å². The van der Waals surface area contributed by atoms with Crippen molar-refractivity contribution in [2.24, 2.45) is 0 Å². The Balaban J connectivity index is 1.52. The molecule has 0 fully saturated rings. The molecule has 0 spiro atoms. The number of anilines is 1. The lowest BCUT2D eigenvalue weighted by atomic mass is 10.2. The molecule has 0 atom stereocenters. The maximum Gasteiger partial charge on any atom is 0.252 e.